The number of fused-ring (bicyclic) bond motifs is 5. The van der Waals surface area contributed by atoms with E-state index in [2.05, 4.69) is 5.32 Å². The molecule has 6 nitrogen and oxygen atoms in total. The van der Waals surface area contributed by atoms with Crippen LogP contribution in [0.1, 0.15) is 17.5 Å². The predicted octanol–water partition coefficient (Wildman–Crippen LogP) is 5.11. The number of amides is 3. The van der Waals surface area contributed by atoms with Gasteiger partial charge in [0, 0.05) is 22.7 Å². The second-order valence-corrected chi connectivity index (χ2v) is 11.7. The van der Waals surface area contributed by atoms with Crippen LogP contribution in [0, 0.1) is 11.8 Å². The van der Waals surface area contributed by atoms with E-state index in [9.17, 15) is 14.4 Å². The van der Waals surface area contributed by atoms with Gasteiger partial charge in [0.05, 0.1) is 24.1 Å². The van der Waals surface area contributed by atoms with E-state index in [1.54, 1.807) is 16.7 Å². The molecule has 4 aromatic carbocycles. The number of thioether (sulfide) groups is 1. The van der Waals surface area contributed by atoms with E-state index in [1.807, 2.05) is 103 Å². The first-order valence-electron chi connectivity index (χ1n) is 13.6. The predicted molar refractivity (Wildman–Crippen MR) is 159 cm³/mol. The molecule has 0 unspecified atom stereocenters. The number of carbonyl (C=O) groups is 3. The normalized spacial score (nSPS) is 25.3. The highest BCUT2D eigenvalue weighted by Gasteiger charge is 2.71. The highest BCUT2D eigenvalue weighted by Crippen LogP contribution is 2.56. The van der Waals surface area contributed by atoms with Crippen molar-refractivity contribution in [2.24, 2.45) is 11.8 Å². The Kier molecular flexibility index (Phi) is 6.02. The van der Waals surface area contributed by atoms with Crippen molar-refractivity contribution >= 4 is 51.6 Å². The fourth-order valence-corrected chi connectivity index (χ4v) is 7.49. The largest absolute Gasteiger partial charge is 0.306 e. The summed E-state index contributed by atoms with van der Waals surface area (Å²) < 4.78 is 0. The molecular formula is C33H29N3O3S. The zero-order chi connectivity index (χ0) is 27.4. The number of imide groups is 1. The lowest BCUT2D eigenvalue weighted by Crippen LogP contribution is -2.55. The summed E-state index contributed by atoms with van der Waals surface area (Å²) in [6.07, 6.45) is 2.71. The van der Waals surface area contributed by atoms with Crippen molar-refractivity contribution in [1.29, 1.82) is 0 Å². The Bertz CT molecular complexity index is 1650. The molecule has 3 amide bonds. The van der Waals surface area contributed by atoms with Crippen LogP contribution in [-0.2, 0) is 26.5 Å². The first-order chi connectivity index (χ1) is 19.6. The lowest BCUT2D eigenvalue weighted by atomic mass is 9.76. The zero-order valence-electron chi connectivity index (χ0n) is 22.1. The Morgan fingerprint density at radius 3 is 2.33 bits per heavy atom. The van der Waals surface area contributed by atoms with E-state index in [4.69, 9.17) is 0 Å². The van der Waals surface area contributed by atoms with E-state index in [1.165, 1.54) is 4.90 Å². The van der Waals surface area contributed by atoms with Crippen LogP contribution in [0.15, 0.2) is 97.1 Å². The fourth-order valence-electron chi connectivity index (χ4n) is 7.00. The molecule has 4 aromatic rings. The van der Waals surface area contributed by atoms with Crippen molar-refractivity contribution in [2.75, 3.05) is 21.8 Å². The summed E-state index contributed by atoms with van der Waals surface area (Å²) in [5.41, 5.74) is 1.85. The van der Waals surface area contributed by atoms with Crippen LogP contribution in [0.25, 0.3) is 10.8 Å². The third-order valence-corrected chi connectivity index (χ3v) is 9.33. The van der Waals surface area contributed by atoms with Gasteiger partial charge in [-0.05, 0) is 41.5 Å². The Hall–Kier alpha value is -3.94. The Morgan fingerprint density at radius 1 is 0.800 bits per heavy atom. The topological polar surface area (TPSA) is 69.7 Å². The van der Waals surface area contributed by atoms with Gasteiger partial charge in [0.15, 0.2) is 0 Å². The summed E-state index contributed by atoms with van der Waals surface area (Å²) >= 11 is 1.70. The number of nitrogens with zero attached hydrogens (tertiary/aromatic N) is 2. The molecule has 7 heteroatoms. The fraction of sp³-hybridized carbons (Fsp3) is 0.242. The van der Waals surface area contributed by atoms with Crippen LogP contribution in [0.5, 0.6) is 0 Å². The Morgan fingerprint density at radius 2 is 1.50 bits per heavy atom. The third kappa shape index (κ3) is 3.50. The lowest BCUT2D eigenvalue weighted by molar-refractivity contribution is -0.132. The quantitative estimate of drug-likeness (QED) is 0.340. The number of nitrogens with one attached hydrogen (secondary N) is 1. The molecule has 2 saturated heterocycles. The molecule has 0 radical (unpaired) electrons. The second-order valence-electron chi connectivity index (χ2n) is 10.7. The van der Waals surface area contributed by atoms with E-state index < -0.39 is 17.4 Å². The van der Waals surface area contributed by atoms with Crippen molar-refractivity contribution in [2.45, 2.75) is 24.5 Å². The van der Waals surface area contributed by atoms with Gasteiger partial charge in [0.1, 0.15) is 5.54 Å². The van der Waals surface area contributed by atoms with E-state index in [-0.39, 0.29) is 23.8 Å². The number of benzene rings is 4. The van der Waals surface area contributed by atoms with Crippen LogP contribution >= 0.6 is 11.8 Å². The second kappa shape index (κ2) is 9.61. The monoisotopic (exact) mass is 547 g/mol. The molecule has 3 aliphatic heterocycles. The SMILES string of the molecule is CSCC[C@H]1N[C@]2(C(=O)N(Cc3ccccc3)c3ccccc32)[C@@H]2C(=O)N(c3cccc4ccccc34)C(=O)[C@H]21. The summed E-state index contributed by atoms with van der Waals surface area (Å²) in [6, 6.07) is 30.8. The first-order valence-corrected chi connectivity index (χ1v) is 15.0. The number of rotatable bonds is 6. The number of hydrogen-bond acceptors (Lipinski definition) is 5. The van der Waals surface area contributed by atoms with Crippen LogP contribution in [-0.4, -0.2) is 35.8 Å². The Balaban J connectivity index is 1.38. The molecule has 40 heavy (non-hydrogen) atoms. The van der Waals surface area contributed by atoms with Gasteiger partial charge in [-0.25, -0.2) is 4.90 Å². The van der Waals surface area contributed by atoms with Crippen molar-refractivity contribution in [3.63, 3.8) is 0 Å². The summed E-state index contributed by atoms with van der Waals surface area (Å²) in [6.45, 7) is 0.391. The molecule has 200 valence electrons. The molecule has 1 N–H and O–H groups in total. The molecular weight excluding hydrogens is 518 g/mol. The number of carbonyl (C=O) groups excluding carboxylic acids is 3. The first kappa shape index (κ1) is 25.1. The molecule has 4 atom stereocenters. The van der Waals surface area contributed by atoms with Crippen LogP contribution in [0.2, 0.25) is 0 Å². The average Bonchev–Trinajstić information content (AvgIpc) is 3.55. The van der Waals surface area contributed by atoms with Crippen LogP contribution in [0.4, 0.5) is 11.4 Å². The summed E-state index contributed by atoms with van der Waals surface area (Å²) in [5, 5.41) is 5.43. The van der Waals surface area contributed by atoms with Crippen molar-refractivity contribution in [1.82, 2.24) is 5.32 Å². The maximum Gasteiger partial charge on any atom is 0.253 e. The highest BCUT2D eigenvalue weighted by molar-refractivity contribution is 7.98. The van der Waals surface area contributed by atoms with Crippen molar-refractivity contribution in [3.05, 3.63) is 108 Å². The smallest absolute Gasteiger partial charge is 0.253 e. The van der Waals surface area contributed by atoms with E-state index in [0.29, 0.717) is 18.7 Å². The molecule has 3 heterocycles. The van der Waals surface area contributed by atoms with Crippen LogP contribution in [0.3, 0.4) is 0 Å². The summed E-state index contributed by atoms with van der Waals surface area (Å²) in [4.78, 5) is 46.6. The van der Waals surface area contributed by atoms with Crippen LogP contribution < -0.4 is 15.1 Å². The minimum absolute atomic E-state index is 0.167. The minimum atomic E-state index is -1.30. The highest BCUT2D eigenvalue weighted by atomic mass is 32.2. The van der Waals surface area contributed by atoms with E-state index >= 15 is 0 Å². The van der Waals surface area contributed by atoms with Gasteiger partial charge >= 0.3 is 0 Å². The molecule has 3 aliphatic rings. The van der Waals surface area contributed by atoms with Gasteiger partial charge in [0.25, 0.3) is 5.91 Å². The molecule has 0 aromatic heterocycles. The molecule has 0 bridgehead atoms. The third-order valence-electron chi connectivity index (χ3n) is 8.69. The van der Waals surface area contributed by atoms with Gasteiger partial charge in [0.2, 0.25) is 11.8 Å². The molecule has 0 saturated carbocycles. The van der Waals surface area contributed by atoms with Gasteiger partial charge in [-0.15, -0.1) is 0 Å². The van der Waals surface area contributed by atoms with E-state index in [0.717, 1.165) is 33.3 Å². The van der Waals surface area contributed by atoms with Crippen molar-refractivity contribution < 1.29 is 14.4 Å². The average molecular weight is 548 g/mol. The zero-order valence-corrected chi connectivity index (χ0v) is 22.9. The standard InChI is InChI=1S/C33H29N3O3S/c1-40-19-18-25-28-29(31(38)36(30(28)37)26-17-9-13-22-12-5-6-14-23(22)26)33(34-25)24-15-7-8-16-27(24)35(32(33)39)20-21-10-3-2-4-11-21/h2-17,25,28-29,34H,18-20H2,1H3/t25-,28+,29+,33+/m1/s1. The van der Waals surface area contributed by atoms with Crippen molar-refractivity contribution in [3.8, 4) is 0 Å². The number of para-hydroxylation sites is 1. The molecule has 0 aliphatic carbocycles. The molecule has 1 spiro atoms. The van der Waals surface area contributed by atoms with Gasteiger partial charge in [-0.3, -0.25) is 19.7 Å². The number of anilines is 2. The van der Waals surface area contributed by atoms with Gasteiger partial charge in [-0.1, -0.05) is 84.9 Å². The summed E-state index contributed by atoms with van der Waals surface area (Å²) in [7, 11) is 0. The summed E-state index contributed by atoms with van der Waals surface area (Å²) in [5.74, 6) is -1.35. The molecule has 7 rings (SSSR count). The minimum Gasteiger partial charge on any atom is -0.306 e. The van der Waals surface area contributed by atoms with Gasteiger partial charge < -0.3 is 4.90 Å². The lowest BCUT2D eigenvalue weighted by Gasteiger charge is -2.31. The molecule has 2 fully saturated rings. The van der Waals surface area contributed by atoms with Gasteiger partial charge in [-0.2, -0.15) is 11.8 Å². The number of hydrogen-bond donors (Lipinski definition) is 1. The Labute approximate surface area is 237 Å². The maximum absolute atomic E-state index is 14.6. The maximum atomic E-state index is 14.6.